The minimum absolute atomic E-state index is 0.0345. The van der Waals surface area contributed by atoms with Gasteiger partial charge in [-0.25, -0.2) is 9.59 Å². The van der Waals surface area contributed by atoms with Crippen molar-refractivity contribution in [2.24, 2.45) is 0 Å². The predicted molar refractivity (Wildman–Crippen MR) is 134 cm³/mol. The van der Waals surface area contributed by atoms with E-state index in [2.05, 4.69) is 15.4 Å². The molecule has 0 bridgehead atoms. The van der Waals surface area contributed by atoms with Crippen molar-refractivity contribution in [1.82, 2.24) is 10.6 Å². The lowest BCUT2D eigenvalue weighted by Crippen LogP contribution is -2.62. The van der Waals surface area contributed by atoms with Crippen molar-refractivity contribution >= 4 is 23.8 Å². The van der Waals surface area contributed by atoms with Gasteiger partial charge in [0.05, 0.1) is 26.4 Å². The van der Waals surface area contributed by atoms with E-state index in [0.717, 1.165) is 0 Å². The number of cyclic esters (lactones) is 2. The van der Waals surface area contributed by atoms with Crippen molar-refractivity contribution in [3.63, 3.8) is 0 Å². The lowest BCUT2D eigenvalue weighted by atomic mass is 9.98. The second-order valence-electron chi connectivity index (χ2n) is 9.52. The number of hydrogen-bond donors (Lipinski definition) is 10. The van der Waals surface area contributed by atoms with Crippen LogP contribution >= 0.6 is 0 Å². The molecular weight excluding hydrogens is 572 g/mol. The van der Waals surface area contributed by atoms with Gasteiger partial charge in [0.25, 0.3) is 5.91 Å². The number of nitrogens with one attached hydrogen (secondary N) is 2. The third kappa shape index (κ3) is 9.44. The Balaban J connectivity index is 1.73. The van der Waals surface area contributed by atoms with Gasteiger partial charge in [-0.3, -0.25) is 9.59 Å². The van der Waals surface area contributed by atoms with Crippen molar-refractivity contribution in [1.29, 1.82) is 0 Å². The normalized spacial score (nSPS) is 27.3. The first-order valence-electron chi connectivity index (χ1n) is 13.0. The lowest BCUT2D eigenvalue weighted by molar-refractivity contribution is -0.326. The van der Waals surface area contributed by atoms with Crippen LogP contribution in [-0.2, 0) is 38.1 Å². The number of ether oxygens (including phenoxy) is 4. The molecule has 0 saturated carbocycles. The van der Waals surface area contributed by atoms with Crippen LogP contribution in [0.1, 0.15) is 19.8 Å². The molecule has 2 aliphatic rings. The van der Waals surface area contributed by atoms with E-state index in [9.17, 15) is 60.0 Å². The van der Waals surface area contributed by atoms with Crippen molar-refractivity contribution in [2.45, 2.75) is 74.9 Å². The van der Waals surface area contributed by atoms with Crippen LogP contribution in [-0.4, -0.2) is 159 Å². The Hall–Kier alpha value is -2.62. The van der Waals surface area contributed by atoms with E-state index in [-0.39, 0.29) is 50.3 Å². The van der Waals surface area contributed by atoms with E-state index in [0.29, 0.717) is 0 Å². The third-order valence-electron chi connectivity index (χ3n) is 6.54. The Bertz CT molecular complexity index is 974. The fourth-order valence-corrected chi connectivity index (χ4v) is 4.00. The van der Waals surface area contributed by atoms with E-state index >= 15 is 0 Å². The first-order valence-corrected chi connectivity index (χ1v) is 13.0. The maximum Gasteiger partial charge on any atom is 0.342 e. The Morgan fingerprint density at radius 3 is 2.17 bits per heavy atom. The summed E-state index contributed by atoms with van der Waals surface area (Å²) in [4.78, 5) is 47.0. The van der Waals surface area contributed by atoms with Gasteiger partial charge in [0.15, 0.2) is 12.4 Å². The molecule has 0 aliphatic carbocycles. The highest BCUT2D eigenvalue weighted by Gasteiger charge is 2.47. The first-order chi connectivity index (χ1) is 19.8. The van der Waals surface area contributed by atoms with E-state index in [1.807, 2.05) is 0 Å². The predicted octanol–water partition coefficient (Wildman–Crippen LogP) is -6.32. The van der Waals surface area contributed by atoms with Crippen LogP contribution in [0.2, 0.25) is 0 Å². The quantitative estimate of drug-likeness (QED) is 0.0416. The molecule has 0 aromatic carbocycles. The van der Waals surface area contributed by atoms with Crippen LogP contribution < -0.4 is 10.6 Å². The Morgan fingerprint density at radius 1 is 0.952 bits per heavy atom. The minimum atomic E-state index is -2.22. The molecule has 0 radical (unpaired) electrons. The second-order valence-corrected chi connectivity index (χ2v) is 9.52. The molecule has 2 rings (SSSR count). The zero-order chi connectivity index (χ0) is 31.6. The number of hydrogen-bond acceptors (Lipinski definition) is 16. The summed E-state index contributed by atoms with van der Waals surface area (Å²) in [7, 11) is 0. The van der Waals surface area contributed by atoms with Crippen LogP contribution in [0.25, 0.3) is 0 Å². The molecular formula is C24H38N2O16. The summed E-state index contributed by atoms with van der Waals surface area (Å²) in [6, 6.07) is 0. The van der Waals surface area contributed by atoms with Crippen molar-refractivity contribution in [2.75, 3.05) is 39.5 Å². The topological polar surface area (TPSA) is 291 Å². The molecule has 18 heteroatoms. The number of amides is 2. The van der Waals surface area contributed by atoms with Gasteiger partial charge in [0.1, 0.15) is 42.7 Å². The molecule has 2 amide bonds. The SMILES string of the molecule is CC1=C(CCC(=O)NCCOCCNC(=O)C(O)C(O)C(OC2OC(CO)C(O)C(O)C2O)C(O)CO)C(=O)OC1=O. The van der Waals surface area contributed by atoms with Crippen LogP contribution in [0.4, 0.5) is 0 Å². The number of esters is 2. The Morgan fingerprint density at radius 2 is 1.60 bits per heavy atom. The number of carbonyl (C=O) groups is 4. The van der Waals surface area contributed by atoms with Crippen molar-refractivity contribution in [3.05, 3.63) is 11.1 Å². The molecule has 0 aromatic rings. The standard InChI is InChI=1S/C24H38N2O16/c1-10-11(23(38)42-22(10)37)2-3-14(30)25-4-6-39-7-5-26-21(36)18(34)17(33)20(12(29)8-27)41-24-19(35)16(32)15(31)13(9-28)40-24/h12-13,15-20,24,27-29,31-35H,2-9H2,1H3,(H,25,30)(H,26,36). The molecule has 2 heterocycles. The van der Waals surface area contributed by atoms with Gasteiger partial charge in [0, 0.05) is 30.7 Å². The summed E-state index contributed by atoms with van der Waals surface area (Å²) in [5.74, 6) is -3.03. The summed E-state index contributed by atoms with van der Waals surface area (Å²) >= 11 is 0. The highest BCUT2D eigenvalue weighted by Crippen LogP contribution is 2.25. The summed E-state index contributed by atoms with van der Waals surface area (Å²) in [6.45, 7) is -0.476. The average Bonchev–Trinajstić information content (AvgIpc) is 3.22. The summed E-state index contributed by atoms with van der Waals surface area (Å²) in [6.07, 6.45) is -17.0. The molecule has 1 saturated heterocycles. The van der Waals surface area contributed by atoms with Crippen molar-refractivity contribution < 1.29 is 79.0 Å². The van der Waals surface area contributed by atoms with E-state index in [4.69, 9.17) is 14.2 Å². The van der Waals surface area contributed by atoms with Gasteiger partial charge in [-0.05, 0) is 13.3 Å². The summed E-state index contributed by atoms with van der Waals surface area (Å²) in [5, 5.41) is 84.1. The van der Waals surface area contributed by atoms with E-state index in [1.54, 1.807) is 0 Å². The maximum atomic E-state index is 12.3. The van der Waals surface area contributed by atoms with Crippen LogP contribution in [0.3, 0.4) is 0 Å². The van der Waals surface area contributed by atoms with Gasteiger partial charge in [-0.2, -0.15) is 0 Å². The molecule has 10 N–H and O–H groups in total. The molecule has 0 aromatic heterocycles. The smallest absolute Gasteiger partial charge is 0.342 e. The van der Waals surface area contributed by atoms with E-state index in [1.165, 1.54) is 6.92 Å². The zero-order valence-electron chi connectivity index (χ0n) is 22.7. The molecule has 9 unspecified atom stereocenters. The fourth-order valence-electron chi connectivity index (χ4n) is 4.00. The molecule has 0 spiro atoms. The van der Waals surface area contributed by atoms with Crippen LogP contribution in [0.5, 0.6) is 0 Å². The molecule has 1 fully saturated rings. The largest absolute Gasteiger partial charge is 0.394 e. The highest BCUT2D eigenvalue weighted by atomic mass is 16.7. The van der Waals surface area contributed by atoms with Crippen molar-refractivity contribution in [3.8, 4) is 0 Å². The number of carbonyl (C=O) groups excluding carboxylic acids is 4. The van der Waals surface area contributed by atoms with Crippen LogP contribution in [0.15, 0.2) is 11.1 Å². The van der Waals surface area contributed by atoms with Gasteiger partial charge in [-0.15, -0.1) is 0 Å². The number of aliphatic hydroxyl groups excluding tert-OH is 8. The summed E-state index contributed by atoms with van der Waals surface area (Å²) in [5.41, 5.74) is 0.310. The monoisotopic (exact) mass is 610 g/mol. The number of rotatable bonds is 17. The third-order valence-corrected chi connectivity index (χ3v) is 6.54. The summed E-state index contributed by atoms with van der Waals surface area (Å²) < 4.78 is 20.1. The maximum absolute atomic E-state index is 12.3. The number of aliphatic hydroxyl groups is 8. The van der Waals surface area contributed by atoms with Gasteiger partial charge >= 0.3 is 11.9 Å². The minimum Gasteiger partial charge on any atom is -0.394 e. The fraction of sp³-hybridized carbons (Fsp3) is 0.750. The molecule has 9 atom stereocenters. The van der Waals surface area contributed by atoms with Gasteiger partial charge in [0.2, 0.25) is 5.91 Å². The molecule has 240 valence electrons. The Kier molecular flexibility index (Phi) is 14.3. The molecule has 2 aliphatic heterocycles. The van der Waals surface area contributed by atoms with E-state index < -0.39 is 92.1 Å². The highest BCUT2D eigenvalue weighted by molar-refractivity contribution is 6.12. The molecule has 18 nitrogen and oxygen atoms in total. The van der Waals surface area contributed by atoms with Gasteiger partial charge in [-0.1, -0.05) is 0 Å². The second kappa shape index (κ2) is 16.9. The van der Waals surface area contributed by atoms with Gasteiger partial charge < -0.3 is 70.4 Å². The van der Waals surface area contributed by atoms with Crippen LogP contribution in [0, 0.1) is 0 Å². The first kappa shape index (κ1) is 35.6. The molecule has 42 heavy (non-hydrogen) atoms. The average molecular weight is 611 g/mol. The zero-order valence-corrected chi connectivity index (χ0v) is 22.7. The lowest BCUT2D eigenvalue weighted by Gasteiger charge is -2.42. The Labute approximate surface area is 239 Å².